The highest BCUT2D eigenvalue weighted by atomic mass is 32.1. The molecule has 2 aromatic rings. The number of fused-ring (bicyclic) bond motifs is 1. The lowest BCUT2D eigenvalue weighted by atomic mass is 9.81. The Morgan fingerprint density at radius 2 is 1.94 bits per heavy atom. The van der Waals surface area contributed by atoms with Gasteiger partial charge in [0.05, 0.1) is 12.1 Å². The van der Waals surface area contributed by atoms with Crippen LogP contribution in [0.4, 0.5) is 0 Å². The second kappa shape index (κ2) is 8.65. The molecule has 0 bridgehead atoms. The summed E-state index contributed by atoms with van der Waals surface area (Å²) in [5.74, 6) is 1.49. The van der Waals surface area contributed by atoms with E-state index in [0.717, 1.165) is 42.6 Å². The predicted molar refractivity (Wildman–Crippen MR) is 124 cm³/mol. The lowest BCUT2D eigenvalue weighted by Crippen LogP contribution is -2.52. The van der Waals surface area contributed by atoms with Crippen molar-refractivity contribution in [2.24, 2.45) is 0 Å². The highest BCUT2D eigenvalue weighted by Crippen LogP contribution is 2.39. The third-order valence-corrected chi connectivity index (χ3v) is 7.99. The minimum absolute atomic E-state index is 0.0764. The van der Waals surface area contributed by atoms with Crippen molar-refractivity contribution in [2.75, 3.05) is 13.6 Å². The van der Waals surface area contributed by atoms with E-state index in [2.05, 4.69) is 13.8 Å². The number of rotatable bonds is 3. The van der Waals surface area contributed by atoms with Crippen molar-refractivity contribution >= 4 is 23.2 Å². The maximum Gasteiger partial charge on any atom is 0.254 e. The van der Waals surface area contributed by atoms with E-state index >= 15 is 0 Å². The van der Waals surface area contributed by atoms with E-state index in [0.29, 0.717) is 19.0 Å². The molecule has 1 spiro atoms. The lowest BCUT2D eigenvalue weighted by molar-refractivity contribution is -0.132. The summed E-state index contributed by atoms with van der Waals surface area (Å²) in [7, 11) is 1.92. The summed E-state index contributed by atoms with van der Waals surface area (Å²) in [5, 5.41) is 1.98. The molecule has 4 rings (SSSR count). The molecule has 1 aliphatic carbocycles. The monoisotopic (exact) mass is 440 g/mol. The Balaban J connectivity index is 1.47. The van der Waals surface area contributed by atoms with Gasteiger partial charge in [0.25, 0.3) is 5.91 Å². The van der Waals surface area contributed by atoms with Crippen LogP contribution in [0.2, 0.25) is 0 Å². The van der Waals surface area contributed by atoms with E-state index in [-0.39, 0.29) is 23.5 Å². The molecule has 2 heterocycles. The standard InChI is InChI=1S/C25H32N2O3S/c1-17(2)23-13-20(15-31-23)24(29)26(4)21-9-11-25(12-10-21)16-27(18(3)28)14-19-7-5-6-8-22(19)30-25/h5-8,13,15,17,21H,9-12,14,16H2,1-4H3. The van der Waals surface area contributed by atoms with Gasteiger partial charge in [-0.1, -0.05) is 32.0 Å². The van der Waals surface area contributed by atoms with Gasteiger partial charge in [-0.05, 0) is 43.7 Å². The Labute approximate surface area is 189 Å². The zero-order chi connectivity index (χ0) is 22.2. The van der Waals surface area contributed by atoms with Crippen LogP contribution in [0.25, 0.3) is 0 Å². The van der Waals surface area contributed by atoms with E-state index in [4.69, 9.17) is 4.74 Å². The first-order valence-corrected chi connectivity index (χ1v) is 12.0. The fraction of sp³-hybridized carbons (Fsp3) is 0.520. The average Bonchev–Trinajstić information content (AvgIpc) is 3.18. The molecule has 1 fully saturated rings. The molecule has 0 saturated heterocycles. The van der Waals surface area contributed by atoms with Gasteiger partial charge in [-0.3, -0.25) is 9.59 Å². The molecule has 0 atom stereocenters. The Bertz CT molecular complexity index is 959. The van der Waals surface area contributed by atoms with Crippen molar-refractivity contribution in [1.29, 1.82) is 0 Å². The summed E-state index contributed by atoms with van der Waals surface area (Å²) in [6.07, 6.45) is 3.40. The van der Waals surface area contributed by atoms with Gasteiger partial charge in [-0.2, -0.15) is 0 Å². The van der Waals surface area contributed by atoms with Gasteiger partial charge in [0.1, 0.15) is 11.4 Å². The first-order chi connectivity index (χ1) is 14.8. The molecule has 2 aliphatic rings. The van der Waals surface area contributed by atoms with Gasteiger partial charge < -0.3 is 14.5 Å². The highest BCUT2D eigenvalue weighted by Gasteiger charge is 2.43. The van der Waals surface area contributed by atoms with Crippen LogP contribution in [0.1, 0.15) is 73.2 Å². The van der Waals surface area contributed by atoms with E-state index in [1.165, 1.54) is 4.88 Å². The van der Waals surface area contributed by atoms with Crippen molar-refractivity contribution in [2.45, 2.75) is 70.6 Å². The molecule has 0 unspecified atom stereocenters. The minimum atomic E-state index is -0.383. The molecule has 1 aromatic heterocycles. The molecule has 1 aromatic carbocycles. The second-order valence-electron chi connectivity index (χ2n) is 9.31. The van der Waals surface area contributed by atoms with Gasteiger partial charge in [0.2, 0.25) is 5.91 Å². The van der Waals surface area contributed by atoms with Gasteiger partial charge >= 0.3 is 0 Å². The van der Waals surface area contributed by atoms with E-state index in [1.54, 1.807) is 18.3 Å². The number of amides is 2. The lowest BCUT2D eigenvalue weighted by Gasteiger charge is -2.43. The molecule has 5 nitrogen and oxygen atoms in total. The number of para-hydroxylation sites is 1. The van der Waals surface area contributed by atoms with E-state index in [9.17, 15) is 9.59 Å². The number of benzene rings is 1. The van der Waals surface area contributed by atoms with Crippen LogP contribution in [0.5, 0.6) is 5.75 Å². The van der Waals surface area contributed by atoms with E-state index < -0.39 is 0 Å². The summed E-state index contributed by atoms with van der Waals surface area (Å²) >= 11 is 1.66. The first-order valence-electron chi connectivity index (χ1n) is 11.2. The maximum absolute atomic E-state index is 13.1. The summed E-state index contributed by atoms with van der Waals surface area (Å²) < 4.78 is 6.57. The van der Waals surface area contributed by atoms with Gasteiger partial charge in [0.15, 0.2) is 0 Å². The number of nitrogens with zero attached hydrogens (tertiary/aromatic N) is 2. The number of thiophene rings is 1. The Kier molecular flexibility index (Phi) is 6.11. The molecular formula is C25H32N2O3S. The summed E-state index contributed by atoms with van der Waals surface area (Å²) in [6, 6.07) is 10.2. The van der Waals surface area contributed by atoms with Gasteiger partial charge in [0, 0.05) is 42.4 Å². The Morgan fingerprint density at radius 1 is 1.23 bits per heavy atom. The molecule has 2 amide bonds. The van der Waals surface area contributed by atoms with Crippen LogP contribution < -0.4 is 4.74 Å². The van der Waals surface area contributed by atoms with Crippen molar-refractivity contribution in [3.8, 4) is 5.75 Å². The minimum Gasteiger partial charge on any atom is -0.485 e. The third kappa shape index (κ3) is 4.49. The largest absolute Gasteiger partial charge is 0.485 e. The van der Waals surface area contributed by atoms with Gasteiger partial charge in [-0.25, -0.2) is 0 Å². The topological polar surface area (TPSA) is 49.9 Å². The van der Waals surface area contributed by atoms with Crippen molar-refractivity contribution < 1.29 is 14.3 Å². The Morgan fingerprint density at radius 3 is 2.58 bits per heavy atom. The third-order valence-electron chi connectivity index (χ3n) is 6.75. The molecule has 0 N–H and O–H groups in total. The molecule has 1 saturated carbocycles. The average molecular weight is 441 g/mol. The fourth-order valence-corrected chi connectivity index (χ4v) is 5.64. The SMILES string of the molecule is CC(=O)N1Cc2ccccc2OC2(CCC(N(C)C(=O)c3csc(C(C)C)c3)CC2)C1. The van der Waals surface area contributed by atoms with Crippen LogP contribution in [-0.2, 0) is 11.3 Å². The predicted octanol–water partition coefficient (Wildman–Crippen LogP) is 5.07. The summed E-state index contributed by atoms with van der Waals surface area (Å²) in [5.41, 5.74) is 1.47. The molecule has 6 heteroatoms. The van der Waals surface area contributed by atoms with E-state index in [1.807, 2.05) is 52.6 Å². The highest BCUT2D eigenvalue weighted by molar-refractivity contribution is 7.10. The molecule has 31 heavy (non-hydrogen) atoms. The number of carbonyl (C=O) groups is 2. The van der Waals surface area contributed by atoms with Crippen molar-refractivity contribution in [3.63, 3.8) is 0 Å². The smallest absolute Gasteiger partial charge is 0.254 e. The normalized spacial score (nSPS) is 23.3. The summed E-state index contributed by atoms with van der Waals surface area (Å²) in [6.45, 7) is 7.13. The van der Waals surface area contributed by atoms with Crippen LogP contribution in [-0.4, -0.2) is 46.8 Å². The van der Waals surface area contributed by atoms with Crippen molar-refractivity contribution in [1.82, 2.24) is 9.80 Å². The van der Waals surface area contributed by atoms with Crippen LogP contribution >= 0.6 is 11.3 Å². The molecule has 166 valence electrons. The molecule has 1 aliphatic heterocycles. The second-order valence-corrected chi connectivity index (χ2v) is 10.3. The number of carbonyl (C=O) groups excluding carboxylic acids is 2. The van der Waals surface area contributed by atoms with Crippen LogP contribution in [0.15, 0.2) is 35.7 Å². The van der Waals surface area contributed by atoms with Gasteiger partial charge in [-0.15, -0.1) is 11.3 Å². The first kappa shape index (κ1) is 21.9. The number of ether oxygens (including phenoxy) is 1. The maximum atomic E-state index is 13.1. The molecule has 0 radical (unpaired) electrons. The summed E-state index contributed by atoms with van der Waals surface area (Å²) in [4.78, 5) is 30.4. The number of hydrogen-bond acceptors (Lipinski definition) is 4. The van der Waals surface area contributed by atoms with Crippen LogP contribution in [0, 0.1) is 0 Å². The Hall–Kier alpha value is -2.34. The zero-order valence-corrected chi connectivity index (χ0v) is 19.7. The zero-order valence-electron chi connectivity index (χ0n) is 18.9. The fourth-order valence-electron chi connectivity index (χ4n) is 4.74. The van der Waals surface area contributed by atoms with Crippen molar-refractivity contribution in [3.05, 3.63) is 51.7 Å². The van der Waals surface area contributed by atoms with Crippen LogP contribution in [0.3, 0.4) is 0 Å². The number of hydrogen-bond donors (Lipinski definition) is 0. The quantitative estimate of drug-likeness (QED) is 0.670. The molecular weight excluding hydrogens is 408 g/mol.